The lowest BCUT2D eigenvalue weighted by Gasteiger charge is -2.24. The van der Waals surface area contributed by atoms with Crippen LogP contribution in [0.1, 0.15) is 75.1 Å². The van der Waals surface area contributed by atoms with E-state index >= 15 is 0 Å². The molecule has 1 aromatic carbocycles. The van der Waals surface area contributed by atoms with E-state index in [-0.39, 0.29) is 29.6 Å². The number of halogens is 1. The highest BCUT2D eigenvalue weighted by Crippen LogP contribution is 2.19. The Labute approximate surface area is 178 Å². The Balaban J connectivity index is 1.64. The Kier molecular flexibility index (Phi) is 10.3. The predicted octanol–water partition coefficient (Wildman–Crippen LogP) is 3.41. The molecule has 1 aromatic rings. The highest BCUT2D eigenvalue weighted by atomic mass is 19.1. The predicted molar refractivity (Wildman–Crippen MR) is 114 cm³/mol. The number of rotatable bonds is 12. The number of unbranched alkanes of at least 4 members (excludes halogenated alkanes) is 4. The maximum atomic E-state index is 12.9. The van der Waals surface area contributed by atoms with Gasteiger partial charge in [0.2, 0.25) is 11.8 Å². The molecule has 2 rings (SSSR count). The largest absolute Gasteiger partial charge is 0.354 e. The molecule has 0 unspecified atom stereocenters. The number of benzene rings is 1. The van der Waals surface area contributed by atoms with Crippen molar-refractivity contribution in [1.82, 2.24) is 15.5 Å². The molecule has 166 valence electrons. The number of likely N-dealkylation sites (tertiary alicyclic amines) is 1. The number of nitrogens with zero attached hydrogens (tertiary/aromatic N) is 1. The SMILES string of the molecule is CCCCCCCC(=O)N1CCC[C@@H]1C(=O)NCCCNC(=O)c1ccc(F)cc1. The Morgan fingerprint density at radius 1 is 1.00 bits per heavy atom. The van der Waals surface area contributed by atoms with Gasteiger partial charge in [-0.3, -0.25) is 14.4 Å². The van der Waals surface area contributed by atoms with Crippen molar-refractivity contribution in [3.8, 4) is 0 Å². The van der Waals surface area contributed by atoms with Crippen molar-refractivity contribution in [2.75, 3.05) is 19.6 Å². The van der Waals surface area contributed by atoms with Gasteiger partial charge < -0.3 is 15.5 Å². The van der Waals surface area contributed by atoms with Gasteiger partial charge in [0.1, 0.15) is 11.9 Å². The first kappa shape index (κ1) is 23.8. The second kappa shape index (κ2) is 13.0. The van der Waals surface area contributed by atoms with E-state index in [1.54, 1.807) is 4.90 Å². The number of nitrogens with one attached hydrogen (secondary N) is 2. The lowest BCUT2D eigenvalue weighted by Crippen LogP contribution is -2.46. The molecule has 1 aliphatic rings. The highest BCUT2D eigenvalue weighted by molar-refractivity contribution is 5.94. The Morgan fingerprint density at radius 3 is 2.43 bits per heavy atom. The van der Waals surface area contributed by atoms with E-state index in [2.05, 4.69) is 17.6 Å². The van der Waals surface area contributed by atoms with E-state index in [4.69, 9.17) is 0 Å². The number of hydrogen-bond donors (Lipinski definition) is 2. The third-order valence-corrected chi connectivity index (χ3v) is 5.41. The number of hydrogen-bond acceptors (Lipinski definition) is 3. The number of carbonyl (C=O) groups excluding carboxylic acids is 3. The Hall–Kier alpha value is -2.44. The second-order valence-electron chi connectivity index (χ2n) is 7.82. The van der Waals surface area contributed by atoms with Crippen molar-refractivity contribution < 1.29 is 18.8 Å². The van der Waals surface area contributed by atoms with Gasteiger partial charge in [-0.1, -0.05) is 32.6 Å². The van der Waals surface area contributed by atoms with Crippen LogP contribution in [0, 0.1) is 5.82 Å². The minimum Gasteiger partial charge on any atom is -0.354 e. The molecule has 0 aliphatic carbocycles. The topological polar surface area (TPSA) is 78.5 Å². The molecule has 1 aliphatic heterocycles. The second-order valence-corrected chi connectivity index (χ2v) is 7.82. The van der Waals surface area contributed by atoms with Gasteiger partial charge >= 0.3 is 0 Å². The van der Waals surface area contributed by atoms with Gasteiger partial charge in [0.15, 0.2) is 0 Å². The molecule has 3 amide bonds. The minimum absolute atomic E-state index is 0.0794. The zero-order chi connectivity index (χ0) is 21.8. The summed E-state index contributed by atoms with van der Waals surface area (Å²) >= 11 is 0. The fourth-order valence-corrected chi connectivity index (χ4v) is 3.68. The van der Waals surface area contributed by atoms with Crippen molar-refractivity contribution in [3.05, 3.63) is 35.6 Å². The van der Waals surface area contributed by atoms with Gasteiger partial charge in [0.25, 0.3) is 5.91 Å². The van der Waals surface area contributed by atoms with Crippen molar-refractivity contribution >= 4 is 17.7 Å². The molecule has 7 heteroatoms. The molecule has 1 heterocycles. The maximum absolute atomic E-state index is 12.9. The van der Waals surface area contributed by atoms with Crippen LogP contribution in [0.4, 0.5) is 4.39 Å². The van der Waals surface area contributed by atoms with Gasteiger partial charge in [-0.25, -0.2) is 4.39 Å². The first-order valence-corrected chi connectivity index (χ1v) is 11.1. The van der Waals surface area contributed by atoms with E-state index in [9.17, 15) is 18.8 Å². The normalized spacial score (nSPS) is 15.8. The van der Waals surface area contributed by atoms with E-state index in [1.807, 2.05) is 0 Å². The fourth-order valence-electron chi connectivity index (χ4n) is 3.68. The first-order chi connectivity index (χ1) is 14.5. The van der Waals surface area contributed by atoms with Gasteiger partial charge in [-0.05, 0) is 49.9 Å². The summed E-state index contributed by atoms with van der Waals surface area (Å²) in [6.45, 7) is 3.65. The van der Waals surface area contributed by atoms with Gasteiger partial charge in [-0.15, -0.1) is 0 Å². The van der Waals surface area contributed by atoms with Crippen molar-refractivity contribution in [1.29, 1.82) is 0 Å². The molecule has 30 heavy (non-hydrogen) atoms. The molecule has 0 radical (unpaired) electrons. The lowest BCUT2D eigenvalue weighted by molar-refractivity contribution is -0.138. The van der Waals surface area contributed by atoms with Crippen LogP contribution in [0.5, 0.6) is 0 Å². The van der Waals surface area contributed by atoms with Crippen LogP contribution in [-0.4, -0.2) is 48.3 Å². The monoisotopic (exact) mass is 419 g/mol. The van der Waals surface area contributed by atoms with E-state index in [0.29, 0.717) is 44.5 Å². The lowest BCUT2D eigenvalue weighted by atomic mass is 10.1. The van der Waals surface area contributed by atoms with Crippen molar-refractivity contribution in [3.63, 3.8) is 0 Å². The van der Waals surface area contributed by atoms with E-state index < -0.39 is 0 Å². The fraction of sp³-hybridized carbons (Fsp3) is 0.609. The minimum atomic E-state index is -0.384. The average molecular weight is 420 g/mol. The third-order valence-electron chi connectivity index (χ3n) is 5.41. The molecule has 0 saturated carbocycles. The van der Waals surface area contributed by atoms with Crippen LogP contribution in [0.15, 0.2) is 24.3 Å². The summed E-state index contributed by atoms with van der Waals surface area (Å²) in [4.78, 5) is 38.7. The summed E-state index contributed by atoms with van der Waals surface area (Å²) in [6, 6.07) is 4.98. The summed E-state index contributed by atoms with van der Waals surface area (Å²) in [5.41, 5.74) is 0.398. The standard InChI is InChI=1S/C23H34FN3O3/c1-2-3-4-5-6-10-21(28)27-17-7-9-20(27)23(30)26-16-8-15-25-22(29)18-11-13-19(24)14-12-18/h11-14,20H,2-10,15-17H2,1H3,(H,25,29)(H,26,30)/t20-/m1/s1. The maximum Gasteiger partial charge on any atom is 0.251 e. The van der Waals surface area contributed by atoms with Crippen LogP contribution >= 0.6 is 0 Å². The molecule has 1 atom stereocenters. The average Bonchev–Trinajstić information content (AvgIpc) is 3.23. The van der Waals surface area contributed by atoms with E-state index in [0.717, 1.165) is 25.7 Å². The molecular formula is C23H34FN3O3. The number of amides is 3. The Morgan fingerprint density at radius 2 is 1.70 bits per heavy atom. The molecule has 6 nitrogen and oxygen atoms in total. The zero-order valence-corrected chi connectivity index (χ0v) is 17.9. The summed E-state index contributed by atoms with van der Waals surface area (Å²) in [5.74, 6) is -0.689. The van der Waals surface area contributed by atoms with Crippen LogP contribution in [0.3, 0.4) is 0 Å². The molecule has 2 N–H and O–H groups in total. The summed E-state index contributed by atoms with van der Waals surface area (Å²) < 4.78 is 12.9. The summed E-state index contributed by atoms with van der Waals surface area (Å²) in [6.07, 6.45) is 8.14. The number of carbonyl (C=O) groups is 3. The van der Waals surface area contributed by atoms with Crippen LogP contribution in [-0.2, 0) is 9.59 Å². The summed E-state index contributed by atoms with van der Waals surface area (Å²) in [7, 11) is 0. The molecule has 1 fully saturated rings. The Bertz CT molecular complexity index is 693. The molecular weight excluding hydrogens is 385 g/mol. The zero-order valence-electron chi connectivity index (χ0n) is 17.9. The van der Waals surface area contributed by atoms with Crippen LogP contribution < -0.4 is 10.6 Å². The first-order valence-electron chi connectivity index (χ1n) is 11.1. The van der Waals surface area contributed by atoms with Crippen molar-refractivity contribution in [2.24, 2.45) is 0 Å². The molecule has 0 aromatic heterocycles. The van der Waals surface area contributed by atoms with Gasteiger partial charge in [-0.2, -0.15) is 0 Å². The van der Waals surface area contributed by atoms with E-state index in [1.165, 1.54) is 37.1 Å². The molecule has 0 bridgehead atoms. The van der Waals surface area contributed by atoms with Gasteiger partial charge in [0.05, 0.1) is 0 Å². The van der Waals surface area contributed by atoms with Crippen molar-refractivity contribution in [2.45, 2.75) is 70.8 Å². The van der Waals surface area contributed by atoms with Crippen LogP contribution in [0.25, 0.3) is 0 Å². The van der Waals surface area contributed by atoms with Gasteiger partial charge in [0, 0.05) is 31.6 Å². The molecule has 0 spiro atoms. The highest BCUT2D eigenvalue weighted by Gasteiger charge is 2.33. The third kappa shape index (κ3) is 7.76. The smallest absolute Gasteiger partial charge is 0.251 e. The molecule has 1 saturated heterocycles. The quantitative estimate of drug-likeness (QED) is 0.510. The van der Waals surface area contributed by atoms with Crippen LogP contribution in [0.2, 0.25) is 0 Å². The summed E-state index contributed by atoms with van der Waals surface area (Å²) in [5, 5.41) is 5.63.